The van der Waals surface area contributed by atoms with E-state index in [0.717, 1.165) is 12.8 Å². The molecular weight excluding hydrogens is 352 g/mol. The Morgan fingerprint density at radius 2 is 1.62 bits per heavy atom. The van der Waals surface area contributed by atoms with Gasteiger partial charge in [0.05, 0.1) is 5.52 Å². The molecule has 0 spiro atoms. The molecule has 0 saturated heterocycles. The Kier molecular flexibility index (Phi) is 4.88. The Bertz CT molecular complexity index is 974. The molecule has 0 bridgehead atoms. The Hall–Kier alpha value is -2.97. The molecule has 136 valence electrons. The van der Waals surface area contributed by atoms with Gasteiger partial charge in [0.25, 0.3) is 11.9 Å². The van der Waals surface area contributed by atoms with Gasteiger partial charge in [-0.2, -0.15) is 22.5 Å². The van der Waals surface area contributed by atoms with Gasteiger partial charge < -0.3 is 9.67 Å². The largest absolute Gasteiger partial charge is 0.493 e. The maximum Gasteiger partial charge on any atom is 0.254 e. The summed E-state index contributed by atoms with van der Waals surface area (Å²) in [6.45, 7) is 2.49. The summed E-state index contributed by atoms with van der Waals surface area (Å²) in [7, 11) is 0. The molecule has 0 saturated carbocycles. The first kappa shape index (κ1) is 17.8. The highest BCUT2D eigenvalue weighted by atomic mass is 19.2. The summed E-state index contributed by atoms with van der Waals surface area (Å²) in [4.78, 5) is 2.46. The third-order valence-corrected chi connectivity index (χ3v) is 3.88. The minimum atomic E-state index is -1.83. The van der Waals surface area contributed by atoms with E-state index in [1.165, 1.54) is 0 Å². The Labute approximate surface area is 145 Å². The second kappa shape index (κ2) is 7.11. The first-order chi connectivity index (χ1) is 12.5. The summed E-state index contributed by atoms with van der Waals surface area (Å²) >= 11 is 0. The lowest BCUT2D eigenvalue weighted by Gasteiger charge is -2.05. The second-order valence-electron chi connectivity index (χ2n) is 5.56. The maximum absolute atomic E-state index is 13.7. The number of hydrogen-bond acceptors (Lipinski definition) is 4. The summed E-state index contributed by atoms with van der Waals surface area (Å²) in [5, 5.41) is 17.8. The third-order valence-electron chi connectivity index (χ3n) is 3.88. The summed E-state index contributed by atoms with van der Waals surface area (Å²) in [5.74, 6) is -7.43. The van der Waals surface area contributed by atoms with Gasteiger partial charge in [0.15, 0.2) is 11.4 Å². The van der Waals surface area contributed by atoms with Crippen molar-refractivity contribution in [2.24, 2.45) is 10.2 Å². The van der Waals surface area contributed by atoms with Crippen LogP contribution < -0.4 is 0 Å². The lowest BCUT2D eigenvalue weighted by Crippen LogP contribution is -1.98. The minimum absolute atomic E-state index is 0.0480. The number of rotatable bonds is 5. The minimum Gasteiger partial charge on any atom is -0.493 e. The average molecular weight is 366 g/mol. The molecule has 0 atom stereocenters. The van der Waals surface area contributed by atoms with Crippen molar-refractivity contribution in [3.8, 4) is 5.88 Å². The predicted octanol–water partition coefficient (Wildman–Crippen LogP) is 5.51. The van der Waals surface area contributed by atoms with Crippen molar-refractivity contribution in [2.45, 2.75) is 26.3 Å². The normalized spacial score (nSPS) is 11.7. The van der Waals surface area contributed by atoms with Gasteiger partial charge in [0.1, 0.15) is 0 Å². The standard InChI is InChI=1S/C17H14F4N4O/c1-2-3-8-25-10-7-5-4-6-9(10)13(17(25)26)23-24-14-11(18)15(20)22-16(21)12(14)19/h4-7,26H,2-3,8H2,1H3. The van der Waals surface area contributed by atoms with Crippen LogP contribution in [0.5, 0.6) is 5.88 Å². The van der Waals surface area contributed by atoms with Gasteiger partial charge in [-0.05, 0) is 12.5 Å². The van der Waals surface area contributed by atoms with Crippen molar-refractivity contribution in [1.82, 2.24) is 9.55 Å². The zero-order valence-electron chi connectivity index (χ0n) is 13.7. The number of nitrogens with zero attached hydrogens (tertiary/aromatic N) is 4. The zero-order chi connectivity index (χ0) is 18.8. The van der Waals surface area contributed by atoms with Crippen LogP contribution in [-0.4, -0.2) is 14.7 Å². The Balaban J connectivity index is 2.13. The van der Waals surface area contributed by atoms with Gasteiger partial charge in [0, 0.05) is 11.9 Å². The lowest BCUT2D eigenvalue weighted by atomic mass is 10.2. The van der Waals surface area contributed by atoms with Gasteiger partial charge in [-0.3, -0.25) is 0 Å². The number of unbranched alkanes of at least 4 members (excludes halogenated alkanes) is 1. The highest BCUT2D eigenvalue weighted by Crippen LogP contribution is 2.40. The topological polar surface area (TPSA) is 62.8 Å². The van der Waals surface area contributed by atoms with E-state index >= 15 is 0 Å². The second-order valence-corrected chi connectivity index (χ2v) is 5.56. The number of azo groups is 1. The number of hydrogen-bond donors (Lipinski definition) is 1. The van der Waals surface area contributed by atoms with E-state index in [2.05, 4.69) is 15.2 Å². The van der Waals surface area contributed by atoms with Crippen molar-refractivity contribution >= 4 is 22.3 Å². The zero-order valence-corrected chi connectivity index (χ0v) is 13.7. The molecule has 2 heterocycles. The smallest absolute Gasteiger partial charge is 0.254 e. The fourth-order valence-corrected chi connectivity index (χ4v) is 2.58. The van der Waals surface area contributed by atoms with E-state index in [9.17, 15) is 22.7 Å². The van der Waals surface area contributed by atoms with Crippen LogP contribution in [0.2, 0.25) is 0 Å². The number of benzene rings is 1. The van der Waals surface area contributed by atoms with E-state index in [1.54, 1.807) is 28.8 Å². The molecule has 0 aliphatic heterocycles. The monoisotopic (exact) mass is 366 g/mol. The van der Waals surface area contributed by atoms with E-state index in [4.69, 9.17) is 0 Å². The lowest BCUT2D eigenvalue weighted by molar-refractivity contribution is 0.409. The molecular formula is C17H14F4N4O. The number of para-hydroxylation sites is 1. The molecule has 1 aromatic carbocycles. The van der Waals surface area contributed by atoms with Gasteiger partial charge in [-0.25, -0.2) is 0 Å². The molecule has 1 N–H and O–H groups in total. The van der Waals surface area contributed by atoms with Crippen molar-refractivity contribution in [2.75, 3.05) is 0 Å². The molecule has 26 heavy (non-hydrogen) atoms. The first-order valence-electron chi connectivity index (χ1n) is 7.87. The number of fused-ring (bicyclic) bond motifs is 1. The van der Waals surface area contributed by atoms with Gasteiger partial charge in [-0.15, -0.1) is 10.2 Å². The van der Waals surface area contributed by atoms with Crippen LogP contribution in [-0.2, 0) is 6.54 Å². The molecule has 5 nitrogen and oxygen atoms in total. The molecule has 3 rings (SSSR count). The molecule has 0 aliphatic carbocycles. The maximum atomic E-state index is 13.7. The number of halogens is 4. The quantitative estimate of drug-likeness (QED) is 0.367. The molecule has 0 aliphatic rings. The SMILES string of the molecule is CCCCn1c(O)c(N=Nc2c(F)c(F)nc(F)c2F)c2ccccc21. The molecule has 9 heteroatoms. The number of aryl methyl sites for hydroxylation is 1. The van der Waals surface area contributed by atoms with Gasteiger partial charge in [-0.1, -0.05) is 31.5 Å². The third kappa shape index (κ3) is 3.00. The van der Waals surface area contributed by atoms with Crippen molar-refractivity contribution in [3.63, 3.8) is 0 Å². The van der Waals surface area contributed by atoms with E-state index in [0.29, 0.717) is 17.4 Å². The first-order valence-corrected chi connectivity index (χ1v) is 7.87. The Morgan fingerprint density at radius 1 is 1.00 bits per heavy atom. The van der Waals surface area contributed by atoms with Crippen LogP contribution in [0, 0.1) is 23.5 Å². The van der Waals surface area contributed by atoms with Gasteiger partial charge in [0.2, 0.25) is 17.5 Å². The fourth-order valence-electron chi connectivity index (χ4n) is 2.58. The number of pyridine rings is 1. The highest BCUT2D eigenvalue weighted by Gasteiger charge is 2.22. The fraction of sp³-hybridized carbons (Fsp3) is 0.235. The van der Waals surface area contributed by atoms with E-state index in [1.807, 2.05) is 6.92 Å². The van der Waals surface area contributed by atoms with Gasteiger partial charge >= 0.3 is 0 Å². The number of aromatic hydroxyl groups is 1. The van der Waals surface area contributed by atoms with E-state index < -0.39 is 29.2 Å². The average Bonchev–Trinajstić information content (AvgIpc) is 2.90. The summed E-state index contributed by atoms with van der Waals surface area (Å²) in [5.41, 5.74) is -0.645. The molecule has 3 aromatic rings. The summed E-state index contributed by atoms with van der Waals surface area (Å²) in [6, 6.07) is 6.85. The van der Waals surface area contributed by atoms with E-state index in [-0.39, 0.29) is 11.6 Å². The summed E-state index contributed by atoms with van der Waals surface area (Å²) < 4.78 is 55.3. The Morgan fingerprint density at radius 3 is 2.27 bits per heavy atom. The molecule has 2 aromatic heterocycles. The van der Waals surface area contributed by atoms with Crippen molar-refractivity contribution in [3.05, 3.63) is 47.8 Å². The molecule has 0 unspecified atom stereocenters. The van der Waals surface area contributed by atoms with Crippen molar-refractivity contribution in [1.29, 1.82) is 0 Å². The van der Waals surface area contributed by atoms with Crippen LogP contribution in [0.1, 0.15) is 19.8 Å². The number of aromatic nitrogens is 2. The van der Waals surface area contributed by atoms with Crippen LogP contribution in [0.25, 0.3) is 10.9 Å². The van der Waals surface area contributed by atoms with Crippen LogP contribution in [0.4, 0.5) is 28.9 Å². The predicted molar refractivity (Wildman–Crippen MR) is 86.8 cm³/mol. The molecule has 0 fully saturated rings. The molecule has 0 amide bonds. The van der Waals surface area contributed by atoms with Crippen LogP contribution in [0.3, 0.4) is 0 Å². The summed E-state index contributed by atoms with van der Waals surface area (Å²) in [6.07, 6.45) is 1.67. The van der Waals surface area contributed by atoms with Crippen LogP contribution >= 0.6 is 0 Å². The molecule has 0 radical (unpaired) electrons. The highest BCUT2D eigenvalue weighted by molar-refractivity contribution is 5.95. The van der Waals surface area contributed by atoms with Crippen LogP contribution in [0.15, 0.2) is 34.5 Å². The van der Waals surface area contributed by atoms with Crippen molar-refractivity contribution < 1.29 is 22.7 Å².